The first-order valence-electron chi connectivity index (χ1n) is 7.98. The number of nitrogens with zero attached hydrogens (tertiary/aromatic N) is 2. The van der Waals surface area contributed by atoms with Crippen LogP contribution in [0.25, 0.3) is 0 Å². The molecule has 1 amide bonds. The fourth-order valence-electron chi connectivity index (χ4n) is 2.74. The van der Waals surface area contributed by atoms with Crippen molar-refractivity contribution in [2.75, 3.05) is 11.1 Å². The van der Waals surface area contributed by atoms with E-state index in [2.05, 4.69) is 10.3 Å². The predicted molar refractivity (Wildman–Crippen MR) is 91.9 cm³/mol. The average molecular weight is 365 g/mol. The highest BCUT2D eigenvalue weighted by atomic mass is 32.2. The number of fused-ring (bicyclic) bond motifs is 1. The quantitative estimate of drug-likeness (QED) is 0.827. The highest BCUT2D eigenvalue weighted by Crippen LogP contribution is 2.32. The van der Waals surface area contributed by atoms with E-state index in [1.165, 1.54) is 22.4 Å². The molecular formula is C17H17F2N3O2S. The van der Waals surface area contributed by atoms with E-state index >= 15 is 0 Å². The number of anilines is 1. The summed E-state index contributed by atoms with van der Waals surface area (Å²) in [7, 11) is 0. The molecule has 5 nitrogen and oxygen atoms in total. The lowest BCUT2D eigenvalue weighted by molar-refractivity contribution is -0.116. The van der Waals surface area contributed by atoms with Crippen molar-refractivity contribution in [1.29, 1.82) is 0 Å². The minimum Gasteiger partial charge on any atom is -0.323 e. The number of nitrogens with one attached hydrogen (secondary N) is 1. The number of aromatic nitrogens is 2. The SMILES string of the molecule is CCCc1cc(=O)n2c(n1)SCC2CC(=O)Nc1cc(F)ccc1F. The summed E-state index contributed by atoms with van der Waals surface area (Å²) >= 11 is 1.42. The standard InChI is InChI=1S/C17H17F2N3O2S/c1-2-3-11-7-16(24)22-12(9-25-17(22)20-11)8-15(23)21-14-6-10(18)4-5-13(14)19/h4-7,12H,2-3,8-9H2,1H3,(H,21,23). The molecule has 0 aliphatic carbocycles. The number of rotatable bonds is 5. The molecule has 3 rings (SSSR count). The number of amides is 1. The van der Waals surface area contributed by atoms with Crippen LogP contribution >= 0.6 is 11.8 Å². The summed E-state index contributed by atoms with van der Waals surface area (Å²) in [6.07, 6.45) is 1.61. The van der Waals surface area contributed by atoms with Gasteiger partial charge in [-0.3, -0.25) is 14.2 Å². The molecule has 1 aliphatic heterocycles. The van der Waals surface area contributed by atoms with Crippen LogP contribution in [0.4, 0.5) is 14.5 Å². The first kappa shape index (κ1) is 17.6. The zero-order valence-electron chi connectivity index (χ0n) is 13.6. The lowest BCUT2D eigenvalue weighted by atomic mass is 10.2. The lowest BCUT2D eigenvalue weighted by Gasteiger charge is -2.14. The minimum absolute atomic E-state index is 0.00926. The van der Waals surface area contributed by atoms with Gasteiger partial charge >= 0.3 is 0 Å². The van der Waals surface area contributed by atoms with Crippen molar-refractivity contribution in [1.82, 2.24) is 9.55 Å². The van der Waals surface area contributed by atoms with Crippen LogP contribution in [-0.4, -0.2) is 21.2 Å². The van der Waals surface area contributed by atoms with Gasteiger partial charge in [-0.25, -0.2) is 13.8 Å². The zero-order chi connectivity index (χ0) is 18.0. The van der Waals surface area contributed by atoms with Crippen molar-refractivity contribution in [2.45, 2.75) is 37.4 Å². The molecule has 0 radical (unpaired) electrons. The number of thioether (sulfide) groups is 1. The largest absolute Gasteiger partial charge is 0.323 e. The molecule has 1 aromatic heterocycles. The number of carbonyl (C=O) groups is 1. The van der Waals surface area contributed by atoms with Crippen molar-refractivity contribution in [3.05, 3.63) is 51.9 Å². The second-order valence-corrected chi connectivity index (χ2v) is 6.82. The summed E-state index contributed by atoms with van der Waals surface area (Å²) in [6, 6.07) is 4.00. The second-order valence-electron chi connectivity index (χ2n) is 5.83. The fraction of sp³-hybridized carbons (Fsp3) is 0.353. The Morgan fingerprint density at radius 1 is 1.40 bits per heavy atom. The van der Waals surface area contributed by atoms with Gasteiger partial charge in [-0.1, -0.05) is 25.1 Å². The van der Waals surface area contributed by atoms with Crippen LogP contribution in [0.2, 0.25) is 0 Å². The molecule has 2 heterocycles. The van der Waals surface area contributed by atoms with Gasteiger partial charge in [0, 0.05) is 30.0 Å². The van der Waals surface area contributed by atoms with Crippen molar-refractivity contribution in [3.8, 4) is 0 Å². The second kappa shape index (κ2) is 7.35. The van der Waals surface area contributed by atoms with E-state index in [1.54, 1.807) is 0 Å². The Morgan fingerprint density at radius 3 is 2.96 bits per heavy atom. The monoisotopic (exact) mass is 365 g/mol. The van der Waals surface area contributed by atoms with Crippen LogP contribution in [-0.2, 0) is 11.2 Å². The maximum Gasteiger partial charge on any atom is 0.254 e. The van der Waals surface area contributed by atoms with Crippen LogP contribution in [0.3, 0.4) is 0 Å². The molecule has 2 aromatic rings. The Bertz CT molecular complexity index is 869. The van der Waals surface area contributed by atoms with Crippen LogP contribution in [0, 0.1) is 11.6 Å². The van der Waals surface area contributed by atoms with E-state index < -0.39 is 17.5 Å². The maximum atomic E-state index is 13.6. The molecule has 1 unspecified atom stereocenters. The summed E-state index contributed by atoms with van der Waals surface area (Å²) in [5.41, 5.74) is 0.353. The van der Waals surface area contributed by atoms with Crippen LogP contribution < -0.4 is 10.9 Å². The molecular weight excluding hydrogens is 348 g/mol. The van der Waals surface area contributed by atoms with Gasteiger partial charge in [-0.2, -0.15) is 0 Å². The summed E-state index contributed by atoms with van der Waals surface area (Å²) in [6.45, 7) is 2.01. The van der Waals surface area contributed by atoms with E-state index in [0.29, 0.717) is 10.9 Å². The molecule has 25 heavy (non-hydrogen) atoms. The van der Waals surface area contributed by atoms with E-state index in [9.17, 15) is 18.4 Å². The Morgan fingerprint density at radius 2 is 2.20 bits per heavy atom. The molecule has 132 valence electrons. The fourth-order valence-corrected chi connectivity index (χ4v) is 3.91. The molecule has 1 N–H and O–H groups in total. The van der Waals surface area contributed by atoms with Gasteiger partial charge in [0.05, 0.1) is 11.7 Å². The molecule has 1 aromatic carbocycles. The number of halogens is 2. The highest BCUT2D eigenvalue weighted by molar-refractivity contribution is 7.99. The minimum atomic E-state index is -0.709. The molecule has 0 bridgehead atoms. The maximum absolute atomic E-state index is 13.6. The Kier molecular flexibility index (Phi) is 5.17. The predicted octanol–water partition coefficient (Wildman–Crippen LogP) is 3.15. The number of carbonyl (C=O) groups excluding carboxylic acids is 1. The number of hydrogen-bond acceptors (Lipinski definition) is 4. The van der Waals surface area contributed by atoms with Gasteiger partial charge in [0.1, 0.15) is 11.6 Å². The van der Waals surface area contributed by atoms with Gasteiger partial charge in [-0.05, 0) is 18.6 Å². The first-order chi connectivity index (χ1) is 12.0. The van der Waals surface area contributed by atoms with Crippen molar-refractivity contribution >= 4 is 23.4 Å². The van der Waals surface area contributed by atoms with Crippen LogP contribution in [0.15, 0.2) is 34.2 Å². The van der Waals surface area contributed by atoms with Crippen molar-refractivity contribution < 1.29 is 13.6 Å². The number of aryl methyl sites for hydroxylation is 1. The Labute approximate surface area is 147 Å². The van der Waals surface area contributed by atoms with E-state index in [0.717, 1.165) is 36.7 Å². The smallest absolute Gasteiger partial charge is 0.254 e. The molecule has 1 atom stereocenters. The normalized spacial score (nSPS) is 15.9. The average Bonchev–Trinajstić information content (AvgIpc) is 2.94. The Hall–Kier alpha value is -2.22. The number of benzene rings is 1. The van der Waals surface area contributed by atoms with Gasteiger partial charge in [-0.15, -0.1) is 0 Å². The molecule has 0 saturated heterocycles. The summed E-state index contributed by atoms with van der Waals surface area (Å²) in [5, 5.41) is 2.96. The van der Waals surface area contributed by atoms with E-state index in [4.69, 9.17) is 0 Å². The van der Waals surface area contributed by atoms with Crippen LogP contribution in [0.5, 0.6) is 0 Å². The third-order valence-electron chi connectivity index (χ3n) is 3.87. The van der Waals surface area contributed by atoms with Gasteiger partial charge in [0.15, 0.2) is 5.16 Å². The molecule has 8 heteroatoms. The lowest BCUT2D eigenvalue weighted by Crippen LogP contribution is -2.28. The molecule has 0 fully saturated rings. The van der Waals surface area contributed by atoms with Crippen molar-refractivity contribution in [2.24, 2.45) is 0 Å². The molecule has 0 spiro atoms. The van der Waals surface area contributed by atoms with Crippen LogP contribution in [0.1, 0.15) is 31.5 Å². The molecule has 1 aliphatic rings. The van der Waals surface area contributed by atoms with Gasteiger partial charge in [0.2, 0.25) is 5.91 Å². The van der Waals surface area contributed by atoms with Gasteiger partial charge in [0.25, 0.3) is 5.56 Å². The Balaban J connectivity index is 1.74. The topological polar surface area (TPSA) is 64.0 Å². The molecule has 0 saturated carbocycles. The highest BCUT2D eigenvalue weighted by Gasteiger charge is 2.27. The van der Waals surface area contributed by atoms with E-state index in [1.807, 2.05) is 6.92 Å². The third-order valence-corrected chi connectivity index (χ3v) is 4.97. The van der Waals surface area contributed by atoms with Gasteiger partial charge < -0.3 is 5.32 Å². The summed E-state index contributed by atoms with van der Waals surface area (Å²) in [5.74, 6) is -1.29. The first-order valence-corrected chi connectivity index (χ1v) is 8.96. The summed E-state index contributed by atoms with van der Waals surface area (Å²) < 4.78 is 28.3. The zero-order valence-corrected chi connectivity index (χ0v) is 14.4. The van der Waals surface area contributed by atoms with E-state index in [-0.39, 0.29) is 23.7 Å². The summed E-state index contributed by atoms with van der Waals surface area (Å²) in [4.78, 5) is 29.0. The third kappa shape index (κ3) is 3.89. The van der Waals surface area contributed by atoms with Crippen molar-refractivity contribution in [3.63, 3.8) is 0 Å². The number of hydrogen-bond donors (Lipinski definition) is 1.